The van der Waals surface area contributed by atoms with Crippen LogP contribution in [0.15, 0.2) is 42.6 Å². The third-order valence-electron chi connectivity index (χ3n) is 4.32. The fraction of sp³-hybridized carbons (Fsp3) is 0.300. The number of para-hydroxylation sites is 2. The summed E-state index contributed by atoms with van der Waals surface area (Å²) in [6, 6.07) is 8.20. The number of hydrogen-bond donors (Lipinski definition) is 1. The van der Waals surface area contributed by atoms with Gasteiger partial charge in [0.05, 0.1) is 23.4 Å². The number of pyridine rings is 1. The first-order valence-electron chi connectivity index (χ1n) is 9.46. The van der Waals surface area contributed by atoms with E-state index in [1.54, 1.807) is 12.1 Å². The number of Topliss-reactive ketones (excluding diaryl/α,β-unsaturated/α-hetero) is 1. The van der Waals surface area contributed by atoms with Crippen LogP contribution >= 0.6 is 0 Å². The van der Waals surface area contributed by atoms with Crippen LogP contribution in [0.3, 0.4) is 0 Å². The van der Waals surface area contributed by atoms with Crippen LogP contribution in [0.5, 0.6) is 5.88 Å². The molecule has 0 saturated heterocycles. The number of benzene rings is 1. The van der Waals surface area contributed by atoms with E-state index in [1.165, 1.54) is 19.2 Å². The van der Waals surface area contributed by atoms with Gasteiger partial charge in [-0.05, 0) is 24.3 Å². The Morgan fingerprint density at radius 3 is 2.42 bits per heavy atom. The topological polar surface area (TPSA) is 120 Å². The second-order valence-corrected chi connectivity index (χ2v) is 8.69. The number of nitrogens with one attached hydrogen (secondary N) is 1. The van der Waals surface area contributed by atoms with Crippen molar-refractivity contribution in [1.29, 1.82) is 0 Å². The molecule has 0 aliphatic heterocycles. The first-order valence-corrected chi connectivity index (χ1v) is 11.1. The smallest absolute Gasteiger partial charge is 0.429 e. The zero-order valence-corrected chi connectivity index (χ0v) is 18.3. The Bertz CT molecular complexity index is 1270. The lowest BCUT2D eigenvalue weighted by Gasteiger charge is -2.23. The maximum absolute atomic E-state index is 13.9. The van der Waals surface area contributed by atoms with Gasteiger partial charge in [0.1, 0.15) is 5.69 Å². The molecule has 3 aromatic rings. The van der Waals surface area contributed by atoms with Gasteiger partial charge in [0, 0.05) is 25.8 Å². The van der Waals surface area contributed by atoms with Gasteiger partial charge in [0.15, 0.2) is 5.78 Å². The molecular weight excluding hydrogens is 465 g/mol. The van der Waals surface area contributed by atoms with Crippen LogP contribution in [0.2, 0.25) is 0 Å². The van der Waals surface area contributed by atoms with Crippen molar-refractivity contribution in [1.82, 2.24) is 15.0 Å². The van der Waals surface area contributed by atoms with Crippen molar-refractivity contribution in [2.24, 2.45) is 0 Å². The number of carbonyl (C=O) groups is 1. The number of anilines is 1. The summed E-state index contributed by atoms with van der Waals surface area (Å²) in [5, 5.41) is 0. The normalized spacial score (nSPS) is 13.0. The average Bonchev–Trinajstić information content (AvgIpc) is 2.75. The third-order valence-corrected chi connectivity index (χ3v) is 5.53. The van der Waals surface area contributed by atoms with Gasteiger partial charge < -0.3 is 9.47 Å². The number of alkyl halides is 3. The molecule has 1 N–H and O–H groups in total. The van der Waals surface area contributed by atoms with Crippen LogP contribution in [-0.4, -0.2) is 54.8 Å². The van der Waals surface area contributed by atoms with Gasteiger partial charge in [-0.3, -0.25) is 14.5 Å². The molecule has 2 aromatic heterocycles. The molecule has 33 heavy (non-hydrogen) atoms. The highest BCUT2D eigenvalue weighted by Gasteiger charge is 2.44. The van der Waals surface area contributed by atoms with Gasteiger partial charge in [-0.1, -0.05) is 12.1 Å². The zero-order chi connectivity index (χ0) is 24.2. The molecule has 0 aliphatic carbocycles. The van der Waals surface area contributed by atoms with E-state index in [0.717, 1.165) is 25.3 Å². The lowest BCUT2D eigenvalue weighted by atomic mass is 10.1. The van der Waals surface area contributed by atoms with E-state index in [-0.39, 0.29) is 23.3 Å². The quantitative estimate of drug-likeness (QED) is 0.460. The third kappa shape index (κ3) is 6.14. The molecule has 1 atom stereocenters. The van der Waals surface area contributed by atoms with Crippen molar-refractivity contribution in [2.45, 2.75) is 19.2 Å². The molecule has 9 nitrogen and oxygen atoms in total. The first kappa shape index (κ1) is 24.3. The molecule has 0 saturated carbocycles. The Morgan fingerprint density at radius 2 is 1.82 bits per heavy atom. The highest BCUT2D eigenvalue weighted by Crippen LogP contribution is 2.38. The molecule has 0 amide bonds. The largest absolute Gasteiger partial charge is 0.457 e. The summed E-state index contributed by atoms with van der Waals surface area (Å²) in [4.78, 5) is 23.5. The zero-order valence-electron chi connectivity index (χ0n) is 17.5. The molecule has 0 radical (unpaired) electrons. The first-order chi connectivity index (χ1) is 15.5. The van der Waals surface area contributed by atoms with Gasteiger partial charge >= 0.3 is 6.18 Å². The molecule has 3 rings (SSSR count). The molecule has 0 bridgehead atoms. The number of hydrogen-bond acceptors (Lipinski definition) is 8. The molecule has 0 fully saturated rings. The molecule has 1 aromatic carbocycles. The van der Waals surface area contributed by atoms with E-state index in [1.807, 2.05) is 0 Å². The molecule has 1 unspecified atom stereocenters. The lowest BCUT2D eigenvalue weighted by molar-refractivity contribution is -0.198. The maximum atomic E-state index is 13.9. The number of sulfonamides is 1. The fourth-order valence-electron chi connectivity index (χ4n) is 2.76. The summed E-state index contributed by atoms with van der Waals surface area (Å²) in [6.45, 7) is 1.01. The van der Waals surface area contributed by atoms with Crippen molar-refractivity contribution in [3.63, 3.8) is 0 Å². The maximum Gasteiger partial charge on any atom is 0.429 e. The summed E-state index contributed by atoms with van der Waals surface area (Å²) < 4.78 is 78.5. The van der Waals surface area contributed by atoms with Crippen LogP contribution in [0.4, 0.5) is 19.0 Å². The number of halogens is 3. The second-order valence-electron chi connectivity index (χ2n) is 6.85. The Labute approximate surface area is 187 Å². The summed E-state index contributed by atoms with van der Waals surface area (Å²) in [5.74, 6) is -2.19. The summed E-state index contributed by atoms with van der Waals surface area (Å²) in [7, 11) is -2.73. The van der Waals surface area contributed by atoms with Gasteiger partial charge in [-0.25, -0.2) is 18.4 Å². The minimum Gasteiger partial charge on any atom is -0.457 e. The van der Waals surface area contributed by atoms with E-state index in [2.05, 4.69) is 19.7 Å². The minimum absolute atomic E-state index is 0.150. The Kier molecular flexibility index (Phi) is 7.12. The number of ether oxygens (including phenoxy) is 2. The summed E-state index contributed by atoms with van der Waals surface area (Å²) in [6.07, 6.45) is -6.46. The molecule has 2 heterocycles. The number of ketones is 1. The Morgan fingerprint density at radius 1 is 1.15 bits per heavy atom. The van der Waals surface area contributed by atoms with E-state index in [9.17, 15) is 26.4 Å². The van der Waals surface area contributed by atoms with Crippen LogP contribution in [0.25, 0.3) is 11.0 Å². The van der Waals surface area contributed by atoms with Gasteiger partial charge in [0.2, 0.25) is 21.9 Å². The molecule has 0 aliphatic rings. The highest BCUT2D eigenvalue weighted by atomic mass is 32.2. The minimum atomic E-state index is -4.94. The number of nitrogens with zero attached hydrogens (tertiary/aromatic N) is 3. The number of methoxy groups -OCH3 is 1. The number of carbonyl (C=O) groups excluding carboxylic acids is 1. The van der Waals surface area contributed by atoms with E-state index in [4.69, 9.17) is 9.47 Å². The predicted molar refractivity (Wildman–Crippen MR) is 112 cm³/mol. The van der Waals surface area contributed by atoms with Gasteiger partial charge in [-0.2, -0.15) is 13.2 Å². The molecule has 13 heteroatoms. The standard InChI is InChI=1S/C20H19F3N4O5S/c1-12(28)16-11-13(7-8-24-16)17(20(21,22)23)32-19-18(27-33(29,30)10-9-31-2)25-14-5-3-4-6-15(14)26-19/h3-8,11,17H,9-10H2,1-2H3,(H,25,27). The number of rotatable bonds is 9. The van der Waals surface area contributed by atoms with Crippen molar-refractivity contribution >= 4 is 32.7 Å². The van der Waals surface area contributed by atoms with Crippen LogP contribution in [-0.2, 0) is 14.8 Å². The Balaban J connectivity index is 2.09. The van der Waals surface area contributed by atoms with Crippen LogP contribution < -0.4 is 9.46 Å². The fourth-order valence-corrected chi connectivity index (χ4v) is 3.68. The predicted octanol–water partition coefficient (Wildman–Crippen LogP) is 3.30. The Hall–Kier alpha value is -3.32. The molecular formula is C20H19F3N4O5S. The van der Waals surface area contributed by atoms with E-state index in [0.29, 0.717) is 0 Å². The van der Waals surface area contributed by atoms with Crippen molar-refractivity contribution in [3.8, 4) is 5.88 Å². The monoisotopic (exact) mass is 484 g/mol. The van der Waals surface area contributed by atoms with E-state index < -0.39 is 51.1 Å². The van der Waals surface area contributed by atoms with Crippen LogP contribution in [0.1, 0.15) is 29.1 Å². The lowest BCUT2D eigenvalue weighted by Crippen LogP contribution is -2.28. The SMILES string of the molecule is COCCS(=O)(=O)Nc1nc2ccccc2nc1OC(c1ccnc(C(C)=O)c1)C(F)(F)F. The molecule has 0 spiro atoms. The van der Waals surface area contributed by atoms with E-state index >= 15 is 0 Å². The summed E-state index contributed by atoms with van der Waals surface area (Å²) >= 11 is 0. The van der Waals surface area contributed by atoms with Crippen LogP contribution in [0, 0.1) is 0 Å². The highest BCUT2D eigenvalue weighted by molar-refractivity contribution is 7.92. The average molecular weight is 484 g/mol. The van der Waals surface area contributed by atoms with Crippen molar-refractivity contribution in [3.05, 3.63) is 53.9 Å². The number of fused-ring (bicyclic) bond motifs is 1. The van der Waals surface area contributed by atoms with Gasteiger partial charge in [0.25, 0.3) is 5.88 Å². The molecule has 176 valence electrons. The van der Waals surface area contributed by atoms with Crippen molar-refractivity contribution in [2.75, 3.05) is 24.2 Å². The number of aromatic nitrogens is 3. The second kappa shape index (κ2) is 9.67. The van der Waals surface area contributed by atoms with Crippen molar-refractivity contribution < 1.29 is 35.9 Å². The summed E-state index contributed by atoms with van der Waals surface area (Å²) in [5.41, 5.74) is -0.172. The van der Waals surface area contributed by atoms with Gasteiger partial charge in [-0.15, -0.1) is 0 Å².